The molecule has 18 heavy (non-hydrogen) atoms. The molecule has 1 aliphatic rings. The first kappa shape index (κ1) is 15.6. The number of alkyl halides is 6. The molecule has 1 rings (SSSR count). The molecule has 0 radical (unpaired) electrons. The van der Waals surface area contributed by atoms with E-state index in [9.17, 15) is 31.4 Å². The number of hydrogen-bond acceptors (Lipinski definition) is 1. The van der Waals surface area contributed by atoms with Gasteiger partial charge in [-0.05, 0) is 18.8 Å². The van der Waals surface area contributed by atoms with Crippen LogP contribution < -0.4 is 0 Å². The SMILES string of the molecule is CCC1CCC(C(O)(C(F)(F)F)C(F)(F)F)CC1. The largest absolute Gasteiger partial charge is 0.426 e. The molecule has 108 valence electrons. The lowest BCUT2D eigenvalue weighted by molar-refractivity contribution is -0.387. The zero-order chi connectivity index (χ0) is 14.2. The quantitative estimate of drug-likeness (QED) is 0.755. The van der Waals surface area contributed by atoms with Gasteiger partial charge >= 0.3 is 12.4 Å². The lowest BCUT2D eigenvalue weighted by atomic mass is 9.72. The van der Waals surface area contributed by atoms with Gasteiger partial charge in [-0.25, -0.2) is 0 Å². The Kier molecular flexibility index (Phi) is 4.25. The Morgan fingerprint density at radius 3 is 1.56 bits per heavy atom. The van der Waals surface area contributed by atoms with E-state index in [0.717, 1.165) is 6.42 Å². The molecule has 0 amide bonds. The monoisotopic (exact) mass is 278 g/mol. The maximum absolute atomic E-state index is 12.6. The fourth-order valence-corrected chi connectivity index (χ4v) is 2.61. The molecular weight excluding hydrogens is 262 g/mol. The second kappa shape index (κ2) is 4.90. The van der Waals surface area contributed by atoms with Crippen LogP contribution in [0.15, 0.2) is 0 Å². The third kappa shape index (κ3) is 2.60. The molecule has 1 N–H and O–H groups in total. The molecule has 0 heterocycles. The van der Waals surface area contributed by atoms with Crippen molar-refractivity contribution in [1.29, 1.82) is 0 Å². The van der Waals surface area contributed by atoms with Gasteiger partial charge in [0.25, 0.3) is 5.60 Å². The van der Waals surface area contributed by atoms with Crippen molar-refractivity contribution in [2.45, 2.75) is 57.0 Å². The van der Waals surface area contributed by atoms with Gasteiger partial charge < -0.3 is 5.11 Å². The predicted octanol–water partition coefficient (Wildman–Crippen LogP) is 4.06. The van der Waals surface area contributed by atoms with Gasteiger partial charge in [-0.15, -0.1) is 0 Å². The first-order valence-electron chi connectivity index (χ1n) is 5.89. The Labute approximate surface area is 101 Å². The molecule has 0 spiro atoms. The molecule has 0 unspecified atom stereocenters. The van der Waals surface area contributed by atoms with Gasteiger partial charge in [0.1, 0.15) is 0 Å². The number of rotatable bonds is 2. The van der Waals surface area contributed by atoms with Gasteiger partial charge in [-0.2, -0.15) is 26.3 Å². The number of aliphatic hydroxyl groups is 1. The molecule has 1 fully saturated rings. The fraction of sp³-hybridized carbons (Fsp3) is 1.00. The van der Waals surface area contributed by atoms with Crippen molar-refractivity contribution in [3.05, 3.63) is 0 Å². The number of hydrogen-bond donors (Lipinski definition) is 1. The van der Waals surface area contributed by atoms with E-state index < -0.39 is 23.9 Å². The summed E-state index contributed by atoms with van der Waals surface area (Å²) in [5.74, 6) is -1.63. The van der Waals surface area contributed by atoms with Crippen molar-refractivity contribution in [3.8, 4) is 0 Å². The van der Waals surface area contributed by atoms with Gasteiger partial charge in [0, 0.05) is 5.92 Å². The van der Waals surface area contributed by atoms with Crippen molar-refractivity contribution in [1.82, 2.24) is 0 Å². The second-order valence-electron chi connectivity index (χ2n) is 4.89. The van der Waals surface area contributed by atoms with E-state index in [1.807, 2.05) is 6.92 Å². The first-order chi connectivity index (χ1) is 8.04. The van der Waals surface area contributed by atoms with E-state index in [2.05, 4.69) is 0 Å². The fourth-order valence-electron chi connectivity index (χ4n) is 2.61. The Morgan fingerprint density at radius 2 is 1.28 bits per heavy atom. The van der Waals surface area contributed by atoms with Crippen LogP contribution in [0.1, 0.15) is 39.0 Å². The molecule has 1 saturated carbocycles. The Balaban J connectivity index is 2.94. The summed E-state index contributed by atoms with van der Waals surface area (Å²) in [6.07, 6.45) is -10.5. The Hall–Kier alpha value is -0.460. The molecule has 0 aromatic heterocycles. The van der Waals surface area contributed by atoms with Crippen LogP contribution in [0.2, 0.25) is 0 Å². The summed E-state index contributed by atoms with van der Waals surface area (Å²) in [7, 11) is 0. The third-order valence-electron chi connectivity index (χ3n) is 3.88. The summed E-state index contributed by atoms with van der Waals surface area (Å²) in [5, 5.41) is 9.22. The van der Waals surface area contributed by atoms with E-state index in [4.69, 9.17) is 0 Å². The minimum absolute atomic E-state index is 0.159. The summed E-state index contributed by atoms with van der Waals surface area (Å²) >= 11 is 0. The lowest BCUT2D eigenvalue weighted by Crippen LogP contribution is -2.62. The highest BCUT2D eigenvalue weighted by Crippen LogP contribution is 2.52. The zero-order valence-corrected chi connectivity index (χ0v) is 9.91. The van der Waals surface area contributed by atoms with E-state index in [-0.39, 0.29) is 18.8 Å². The summed E-state index contributed by atoms with van der Waals surface area (Å²) in [6.45, 7) is 1.85. The van der Waals surface area contributed by atoms with Crippen LogP contribution in [-0.2, 0) is 0 Å². The van der Waals surface area contributed by atoms with Crippen LogP contribution in [0, 0.1) is 11.8 Å². The minimum atomic E-state index is -5.69. The number of halogens is 6. The summed E-state index contributed by atoms with van der Waals surface area (Å²) in [4.78, 5) is 0. The second-order valence-corrected chi connectivity index (χ2v) is 4.89. The Bertz CT molecular complexity index is 260. The molecule has 0 aliphatic heterocycles. The van der Waals surface area contributed by atoms with Crippen LogP contribution in [-0.4, -0.2) is 23.1 Å². The minimum Gasteiger partial charge on any atom is -0.373 e. The van der Waals surface area contributed by atoms with E-state index in [1.54, 1.807) is 0 Å². The highest BCUT2D eigenvalue weighted by atomic mass is 19.4. The van der Waals surface area contributed by atoms with Gasteiger partial charge in [0.05, 0.1) is 0 Å². The Morgan fingerprint density at radius 1 is 0.889 bits per heavy atom. The van der Waals surface area contributed by atoms with Gasteiger partial charge in [-0.3, -0.25) is 0 Å². The first-order valence-corrected chi connectivity index (χ1v) is 5.89. The van der Waals surface area contributed by atoms with Crippen LogP contribution >= 0.6 is 0 Å². The standard InChI is InChI=1S/C11H16F6O/c1-2-7-3-5-8(6-4-7)9(18,10(12,13)14)11(15,16)17/h7-8,18H,2-6H2,1H3. The van der Waals surface area contributed by atoms with Crippen LogP contribution in [0.4, 0.5) is 26.3 Å². The molecule has 0 aromatic carbocycles. The smallest absolute Gasteiger partial charge is 0.373 e. The van der Waals surface area contributed by atoms with E-state index >= 15 is 0 Å². The molecule has 0 bridgehead atoms. The van der Waals surface area contributed by atoms with Crippen LogP contribution in [0.5, 0.6) is 0 Å². The summed E-state index contributed by atoms with van der Waals surface area (Å²) in [5.41, 5.74) is -4.57. The molecular formula is C11H16F6O. The highest BCUT2D eigenvalue weighted by Gasteiger charge is 2.73. The van der Waals surface area contributed by atoms with E-state index in [1.165, 1.54) is 0 Å². The molecule has 1 aliphatic carbocycles. The predicted molar refractivity (Wildman–Crippen MR) is 52.8 cm³/mol. The van der Waals surface area contributed by atoms with Crippen molar-refractivity contribution in [2.75, 3.05) is 0 Å². The third-order valence-corrected chi connectivity index (χ3v) is 3.88. The molecule has 0 saturated heterocycles. The maximum atomic E-state index is 12.6. The highest BCUT2D eigenvalue weighted by molar-refractivity contribution is 5.00. The van der Waals surface area contributed by atoms with Crippen LogP contribution in [0.3, 0.4) is 0 Å². The normalized spacial score (nSPS) is 27.3. The van der Waals surface area contributed by atoms with Gasteiger partial charge in [0.15, 0.2) is 0 Å². The van der Waals surface area contributed by atoms with Crippen LogP contribution in [0.25, 0.3) is 0 Å². The molecule has 0 aromatic rings. The average molecular weight is 278 g/mol. The zero-order valence-electron chi connectivity index (χ0n) is 9.91. The lowest BCUT2D eigenvalue weighted by Gasteiger charge is -2.41. The van der Waals surface area contributed by atoms with Crippen molar-refractivity contribution in [3.63, 3.8) is 0 Å². The molecule has 0 atom stereocenters. The summed E-state index contributed by atoms with van der Waals surface area (Å²) in [6, 6.07) is 0. The topological polar surface area (TPSA) is 20.2 Å². The maximum Gasteiger partial charge on any atom is 0.426 e. The van der Waals surface area contributed by atoms with Crippen molar-refractivity contribution >= 4 is 0 Å². The summed E-state index contributed by atoms with van der Waals surface area (Å²) < 4.78 is 75.6. The average Bonchev–Trinajstić information content (AvgIpc) is 2.25. The molecule has 1 nitrogen and oxygen atoms in total. The van der Waals surface area contributed by atoms with Gasteiger partial charge in [0.2, 0.25) is 0 Å². The van der Waals surface area contributed by atoms with Crippen molar-refractivity contribution < 1.29 is 31.4 Å². The van der Waals surface area contributed by atoms with Gasteiger partial charge in [-0.1, -0.05) is 26.2 Å². The van der Waals surface area contributed by atoms with E-state index in [0.29, 0.717) is 12.8 Å². The molecule has 7 heteroatoms. The van der Waals surface area contributed by atoms with Crippen molar-refractivity contribution in [2.24, 2.45) is 11.8 Å².